The van der Waals surface area contributed by atoms with Crippen molar-refractivity contribution < 1.29 is 56.7 Å². The van der Waals surface area contributed by atoms with Gasteiger partial charge in [-0.1, -0.05) is 0 Å². The molecule has 0 atom stereocenters. The quantitative estimate of drug-likeness (QED) is 0.468. The van der Waals surface area contributed by atoms with E-state index in [4.69, 9.17) is 0 Å². The summed E-state index contributed by atoms with van der Waals surface area (Å²) < 4.78 is 0. The standard InChI is InChI=1S/Co.Cr.Fe.O/q+2;;;-2. The van der Waals surface area contributed by atoms with Crippen LogP contribution in [0, 0.1) is 0 Å². The van der Waals surface area contributed by atoms with E-state index in [-0.39, 0.29) is 56.7 Å². The van der Waals surface area contributed by atoms with Crippen molar-refractivity contribution in [2.75, 3.05) is 0 Å². The molecule has 4 heavy (non-hydrogen) atoms. The first-order valence-electron chi connectivity index (χ1n) is 0. The van der Waals surface area contributed by atoms with Gasteiger partial charge in [0.2, 0.25) is 0 Å². The smallest absolute Gasteiger partial charge is 2.00 e. The van der Waals surface area contributed by atoms with Crippen LogP contribution in [0.4, 0.5) is 0 Å². The predicted molar refractivity (Wildman–Crippen MR) is 0.686 cm³/mol. The maximum absolute atomic E-state index is 0. The minimum Gasteiger partial charge on any atom is -2.00 e. The molecule has 0 aliphatic carbocycles. The largest absolute Gasteiger partial charge is 2.00 e. The zero-order chi connectivity index (χ0) is 0. The molecule has 29 valence electrons. The Morgan fingerprint density at radius 3 is 1.00 bits per heavy atom. The molecule has 0 fully saturated rings. The van der Waals surface area contributed by atoms with E-state index in [1.807, 2.05) is 0 Å². The Balaban J connectivity index is 0. The van der Waals surface area contributed by atoms with Crippen LogP contribution >= 0.6 is 0 Å². The van der Waals surface area contributed by atoms with E-state index in [2.05, 4.69) is 0 Å². The summed E-state index contributed by atoms with van der Waals surface area (Å²) in [5, 5.41) is 0. The molecule has 0 spiro atoms. The summed E-state index contributed by atoms with van der Waals surface area (Å²) in [5.41, 5.74) is 0. The van der Waals surface area contributed by atoms with Crippen molar-refractivity contribution in [1.29, 1.82) is 0 Å². The van der Waals surface area contributed by atoms with Gasteiger partial charge in [0.15, 0.2) is 0 Å². The van der Waals surface area contributed by atoms with E-state index in [9.17, 15) is 0 Å². The molecule has 0 aromatic carbocycles. The Morgan fingerprint density at radius 1 is 1.00 bits per heavy atom. The monoisotopic (exact) mass is 183 g/mol. The second-order valence-electron chi connectivity index (χ2n) is 0. The number of rotatable bonds is 0. The minimum atomic E-state index is 0. The SMILES string of the molecule is [Co+2].[Cr].[Fe].[O-2]. The molecule has 0 N–H and O–H groups in total. The van der Waals surface area contributed by atoms with Gasteiger partial charge in [0.25, 0.3) is 0 Å². The van der Waals surface area contributed by atoms with Gasteiger partial charge in [0.05, 0.1) is 0 Å². The van der Waals surface area contributed by atoms with Crippen LogP contribution in [-0.2, 0) is 56.7 Å². The molecule has 0 saturated carbocycles. The zero-order valence-corrected chi connectivity index (χ0v) is 4.92. The summed E-state index contributed by atoms with van der Waals surface area (Å²) in [5.74, 6) is 0. The first kappa shape index (κ1) is 48.9. The van der Waals surface area contributed by atoms with Crippen LogP contribution in [0.15, 0.2) is 0 Å². The van der Waals surface area contributed by atoms with Gasteiger partial charge < -0.3 is 5.48 Å². The van der Waals surface area contributed by atoms with Gasteiger partial charge in [-0.05, 0) is 0 Å². The van der Waals surface area contributed by atoms with Crippen molar-refractivity contribution in [2.24, 2.45) is 0 Å². The molecule has 4 heteroatoms. The molecule has 0 aliphatic rings. The van der Waals surface area contributed by atoms with Crippen LogP contribution < -0.4 is 0 Å². The van der Waals surface area contributed by atoms with Crippen LogP contribution in [0.25, 0.3) is 0 Å². The minimum absolute atomic E-state index is 0. The van der Waals surface area contributed by atoms with Crippen LogP contribution in [0.1, 0.15) is 0 Å². The summed E-state index contributed by atoms with van der Waals surface area (Å²) in [4.78, 5) is 0. The average Bonchev–Trinajstić information content (AvgIpc) is 0. The Hall–Kier alpha value is 1.52. The molecule has 0 rings (SSSR count). The van der Waals surface area contributed by atoms with E-state index in [1.54, 1.807) is 0 Å². The van der Waals surface area contributed by atoms with Crippen LogP contribution in [-0.4, -0.2) is 0 Å². The molecule has 0 aliphatic heterocycles. The number of hydrogen-bond acceptors (Lipinski definition) is 0. The number of hydrogen-bond donors (Lipinski definition) is 0. The first-order chi connectivity index (χ1) is 0. The van der Waals surface area contributed by atoms with Gasteiger partial charge in [0, 0.05) is 34.4 Å². The van der Waals surface area contributed by atoms with Crippen molar-refractivity contribution in [3.8, 4) is 0 Å². The van der Waals surface area contributed by atoms with Crippen molar-refractivity contribution in [3.63, 3.8) is 0 Å². The normalized spacial score (nSPS) is 0. The Kier molecular flexibility index (Phi) is 296. The Morgan fingerprint density at radius 2 is 1.00 bits per heavy atom. The summed E-state index contributed by atoms with van der Waals surface area (Å²) in [6, 6.07) is 0. The summed E-state index contributed by atoms with van der Waals surface area (Å²) in [6.45, 7) is 0. The molecular weight excluding hydrogens is 183 g/mol. The van der Waals surface area contributed by atoms with Crippen molar-refractivity contribution in [2.45, 2.75) is 0 Å². The molecule has 0 saturated heterocycles. The molecule has 0 unspecified atom stereocenters. The third-order valence-electron chi connectivity index (χ3n) is 0. The second-order valence-corrected chi connectivity index (χ2v) is 0. The molecule has 0 aromatic rings. The topological polar surface area (TPSA) is 28.5 Å². The Bertz CT molecular complexity index is 8.00. The van der Waals surface area contributed by atoms with Gasteiger partial charge >= 0.3 is 16.8 Å². The van der Waals surface area contributed by atoms with E-state index in [0.29, 0.717) is 0 Å². The molecule has 1 radical (unpaired) electrons. The van der Waals surface area contributed by atoms with Crippen molar-refractivity contribution in [3.05, 3.63) is 0 Å². The van der Waals surface area contributed by atoms with Gasteiger partial charge in [-0.2, -0.15) is 0 Å². The molecule has 1 nitrogen and oxygen atoms in total. The van der Waals surface area contributed by atoms with Gasteiger partial charge in [-0.3, -0.25) is 0 Å². The molecule has 0 heterocycles. The zero-order valence-electron chi connectivity index (χ0n) is 1.50. The van der Waals surface area contributed by atoms with Crippen molar-refractivity contribution in [1.82, 2.24) is 0 Å². The molecule has 0 amide bonds. The molecule has 0 aromatic heterocycles. The fraction of sp³-hybridized carbons (Fsp3) is 0. The fourth-order valence-electron chi connectivity index (χ4n) is 0. The van der Waals surface area contributed by atoms with E-state index in [1.165, 1.54) is 0 Å². The average molecular weight is 183 g/mol. The molecule has 0 bridgehead atoms. The predicted octanol–water partition coefficient (Wildman–Crippen LogP) is -0.126. The summed E-state index contributed by atoms with van der Waals surface area (Å²) >= 11 is 0. The molecular formula is CoCrFeO. The summed E-state index contributed by atoms with van der Waals surface area (Å²) in [6.07, 6.45) is 0. The van der Waals surface area contributed by atoms with Crippen LogP contribution in [0.5, 0.6) is 0 Å². The third-order valence-corrected chi connectivity index (χ3v) is 0. The fourth-order valence-corrected chi connectivity index (χ4v) is 0. The van der Waals surface area contributed by atoms with Crippen LogP contribution in [0.2, 0.25) is 0 Å². The maximum Gasteiger partial charge on any atom is 2.00 e. The van der Waals surface area contributed by atoms with E-state index < -0.39 is 0 Å². The Labute approximate surface area is 56.6 Å². The van der Waals surface area contributed by atoms with Gasteiger partial charge in [-0.25, -0.2) is 0 Å². The van der Waals surface area contributed by atoms with E-state index in [0.717, 1.165) is 0 Å². The van der Waals surface area contributed by atoms with Gasteiger partial charge in [-0.15, -0.1) is 0 Å². The first-order valence-corrected chi connectivity index (χ1v) is 0. The maximum atomic E-state index is 0. The van der Waals surface area contributed by atoms with Crippen molar-refractivity contribution >= 4 is 0 Å². The second kappa shape index (κ2) is 24.3. The third kappa shape index (κ3) is 9.68. The summed E-state index contributed by atoms with van der Waals surface area (Å²) in [7, 11) is 0. The van der Waals surface area contributed by atoms with Crippen LogP contribution in [0.3, 0.4) is 0 Å². The van der Waals surface area contributed by atoms with E-state index >= 15 is 0 Å². The van der Waals surface area contributed by atoms with Gasteiger partial charge in [0.1, 0.15) is 0 Å².